The summed E-state index contributed by atoms with van der Waals surface area (Å²) in [5.41, 5.74) is 0.195. The number of hydrogen-bond donors (Lipinski definition) is 1. The first-order chi connectivity index (χ1) is 6.57. The molecule has 0 amide bonds. The van der Waals surface area contributed by atoms with Crippen molar-refractivity contribution in [3.05, 3.63) is 11.7 Å². The number of carboxylic acid groups (broad SMARTS) is 1. The van der Waals surface area contributed by atoms with E-state index in [1.54, 1.807) is 6.92 Å². The van der Waals surface area contributed by atoms with Crippen molar-refractivity contribution in [1.82, 2.24) is 0 Å². The Morgan fingerprint density at radius 2 is 1.71 bits per heavy atom. The van der Waals surface area contributed by atoms with Gasteiger partial charge in [0.2, 0.25) is 0 Å². The van der Waals surface area contributed by atoms with E-state index in [1.165, 1.54) is 0 Å². The lowest BCUT2D eigenvalue weighted by molar-refractivity contribution is -0.137. The number of carboxylic acids is 1. The summed E-state index contributed by atoms with van der Waals surface area (Å²) in [6, 6.07) is 0. The highest BCUT2D eigenvalue weighted by molar-refractivity contribution is 5.66. The average Bonchev–Trinajstić information content (AvgIpc) is 2.10. The molecule has 0 spiro atoms. The molecule has 0 atom stereocenters. The lowest BCUT2D eigenvalue weighted by Crippen LogP contribution is -1.94. The van der Waals surface area contributed by atoms with Gasteiger partial charge in [-0.25, -0.2) is 0 Å². The summed E-state index contributed by atoms with van der Waals surface area (Å²) in [6.07, 6.45) is 1.23. The van der Waals surface area contributed by atoms with Crippen LogP contribution in [-0.4, -0.2) is 11.1 Å². The van der Waals surface area contributed by atoms with E-state index in [4.69, 9.17) is 5.11 Å². The Kier molecular flexibility index (Phi) is 6.98. The standard InChI is InChI=1S/C10H16F2O2/c1-2-8(10(11)12)6-4-3-5-7-9(13)14/h2-7H2,1H3,(H,13,14). The van der Waals surface area contributed by atoms with Gasteiger partial charge >= 0.3 is 5.97 Å². The summed E-state index contributed by atoms with van der Waals surface area (Å²) in [5, 5.41) is 8.33. The largest absolute Gasteiger partial charge is 0.481 e. The van der Waals surface area contributed by atoms with Crippen molar-refractivity contribution < 1.29 is 18.7 Å². The van der Waals surface area contributed by atoms with Crippen LogP contribution in [0.15, 0.2) is 11.7 Å². The van der Waals surface area contributed by atoms with Gasteiger partial charge in [-0.2, -0.15) is 8.78 Å². The molecule has 0 radical (unpaired) electrons. The van der Waals surface area contributed by atoms with E-state index in [9.17, 15) is 13.6 Å². The van der Waals surface area contributed by atoms with Crippen molar-refractivity contribution in [3.63, 3.8) is 0 Å². The van der Waals surface area contributed by atoms with Crippen LogP contribution < -0.4 is 0 Å². The Bertz CT molecular complexity index is 208. The lowest BCUT2D eigenvalue weighted by Gasteiger charge is -2.02. The van der Waals surface area contributed by atoms with E-state index < -0.39 is 12.0 Å². The van der Waals surface area contributed by atoms with E-state index >= 15 is 0 Å². The maximum absolute atomic E-state index is 12.1. The number of hydrogen-bond acceptors (Lipinski definition) is 1. The van der Waals surface area contributed by atoms with Crippen molar-refractivity contribution in [2.75, 3.05) is 0 Å². The minimum atomic E-state index is -1.58. The van der Waals surface area contributed by atoms with Crippen LogP contribution >= 0.6 is 0 Å². The minimum Gasteiger partial charge on any atom is -0.481 e. The summed E-state index contributed by atoms with van der Waals surface area (Å²) in [7, 11) is 0. The molecule has 0 aliphatic carbocycles. The highest BCUT2D eigenvalue weighted by atomic mass is 19.3. The average molecular weight is 206 g/mol. The molecule has 0 aliphatic rings. The van der Waals surface area contributed by atoms with Crippen LogP contribution in [0.2, 0.25) is 0 Å². The molecule has 0 aromatic carbocycles. The van der Waals surface area contributed by atoms with E-state index in [-0.39, 0.29) is 12.0 Å². The number of halogens is 2. The molecule has 2 nitrogen and oxygen atoms in total. The molecule has 0 rings (SSSR count). The van der Waals surface area contributed by atoms with Gasteiger partial charge in [-0.3, -0.25) is 4.79 Å². The van der Waals surface area contributed by atoms with Crippen LogP contribution in [-0.2, 0) is 4.79 Å². The van der Waals surface area contributed by atoms with Gasteiger partial charge in [-0.1, -0.05) is 13.3 Å². The molecular formula is C10H16F2O2. The Balaban J connectivity index is 3.53. The molecule has 0 aromatic rings. The molecule has 0 saturated heterocycles. The molecule has 0 unspecified atom stereocenters. The van der Waals surface area contributed by atoms with Gasteiger partial charge in [-0.15, -0.1) is 0 Å². The second kappa shape index (κ2) is 7.47. The highest BCUT2D eigenvalue weighted by Crippen LogP contribution is 2.18. The Morgan fingerprint density at radius 3 is 2.14 bits per heavy atom. The number of aliphatic carboxylic acids is 1. The summed E-state index contributed by atoms with van der Waals surface area (Å²) >= 11 is 0. The zero-order valence-corrected chi connectivity index (χ0v) is 8.35. The van der Waals surface area contributed by atoms with Gasteiger partial charge in [0.15, 0.2) is 0 Å². The fraction of sp³-hybridized carbons (Fsp3) is 0.700. The van der Waals surface area contributed by atoms with Crippen molar-refractivity contribution >= 4 is 5.97 Å². The Morgan fingerprint density at radius 1 is 1.14 bits per heavy atom. The zero-order valence-electron chi connectivity index (χ0n) is 8.35. The summed E-state index contributed by atoms with van der Waals surface area (Å²) in [6.45, 7) is 1.70. The van der Waals surface area contributed by atoms with Crippen LogP contribution in [0.1, 0.15) is 45.4 Å². The predicted molar refractivity (Wildman–Crippen MR) is 50.3 cm³/mol. The third-order valence-electron chi connectivity index (χ3n) is 2.06. The molecular weight excluding hydrogens is 190 g/mol. The smallest absolute Gasteiger partial charge is 0.303 e. The second-order valence-corrected chi connectivity index (χ2v) is 3.17. The van der Waals surface area contributed by atoms with Crippen LogP contribution in [0.4, 0.5) is 8.78 Å². The van der Waals surface area contributed by atoms with E-state index in [1.807, 2.05) is 0 Å². The molecule has 0 bridgehead atoms. The first kappa shape index (κ1) is 13.1. The SMILES string of the molecule is CCC(CCCCCC(=O)O)=C(F)F. The van der Waals surface area contributed by atoms with Crippen molar-refractivity contribution in [3.8, 4) is 0 Å². The zero-order chi connectivity index (χ0) is 11.0. The molecule has 4 heteroatoms. The molecule has 1 N–H and O–H groups in total. The van der Waals surface area contributed by atoms with Crippen LogP contribution in [0.3, 0.4) is 0 Å². The van der Waals surface area contributed by atoms with Gasteiger partial charge in [0.25, 0.3) is 6.08 Å². The molecule has 0 heterocycles. The molecule has 0 fully saturated rings. The number of rotatable bonds is 7. The maximum atomic E-state index is 12.1. The van der Waals surface area contributed by atoms with Gasteiger partial charge in [0.1, 0.15) is 0 Å². The summed E-state index contributed by atoms with van der Waals surface area (Å²) in [5.74, 6) is -0.826. The minimum absolute atomic E-state index is 0.128. The van der Waals surface area contributed by atoms with E-state index in [0.717, 1.165) is 0 Å². The van der Waals surface area contributed by atoms with Crippen molar-refractivity contribution in [2.45, 2.75) is 45.4 Å². The van der Waals surface area contributed by atoms with Crippen molar-refractivity contribution in [2.24, 2.45) is 0 Å². The normalized spacial score (nSPS) is 9.93. The topological polar surface area (TPSA) is 37.3 Å². The Hall–Kier alpha value is -0.930. The number of unbranched alkanes of at least 4 members (excludes halogenated alkanes) is 2. The number of allylic oxidation sites excluding steroid dienone is 1. The van der Waals surface area contributed by atoms with Crippen molar-refractivity contribution in [1.29, 1.82) is 0 Å². The van der Waals surface area contributed by atoms with Crippen LogP contribution in [0.25, 0.3) is 0 Å². The first-order valence-electron chi connectivity index (χ1n) is 4.82. The fourth-order valence-corrected chi connectivity index (χ4v) is 1.20. The van der Waals surface area contributed by atoms with Gasteiger partial charge < -0.3 is 5.11 Å². The molecule has 0 aliphatic heterocycles. The monoisotopic (exact) mass is 206 g/mol. The summed E-state index contributed by atoms with van der Waals surface area (Å²) in [4.78, 5) is 10.1. The summed E-state index contributed by atoms with van der Waals surface area (Å²) < 4.78 is 24.2. The Labute approximate surface area is 82.6 Å². The quantitative estimate of drug-likeness (QED) is 0.646. The highest BCUT2D eigenvalue weighted by Gasteiger charge is 2.03. The number of carbonyl (C=O) groups is 1. The molecule has 14 heavy (non-hydrogen) atoms. The fourth-order valence-electron chi connectivity index (χ4n) is 1.20. The molecule has 0 aromatic heterocycles. The lowest BCUT2D eigenvalue weighted by atomic mass is 10.1. The van der Waals surface area contributed by atoms with Crippen LogP contribution in [0, 0.1) is 0 Å². The molecule has 82 valence electrons. The first-order valence-corrected chi connectivity index (χ1v) is 4.82. The third kappa shape index (κ3) is 6.57. The van der Waals surface area contributed by atoms with Gasteiger partial charge in [-0.05, 0) is 31.3 Å². The van der Waals surface area contributed by atoms with E-state index in [2.05, 4.69) is 0 Å². The third-order valence-corrected chi connectivity index (χ3v) is 2.06. The second-order valence-electron chi connectivity index (χ2n) is 3.17. The van der Waals surface area contributed by atoms with E-state index in [0.29, 0.717) is 32.1 Å². The van der Waals surface area contributed by atoms with Gasteiger partial charge in [0, 0.05) is 6.42 Å². The van der Waals surface area contributed by atoms with Gasteiger partial charge in [0.05, 0.1) is 0 Å². The maximum Gasteiger partial charge on any atom is 0.303 e. The molecule has 0 saturated carbocycles. The predicted octanol–water partition coefficient (Wildman–Crippen LogP) is 3.58. The van der Waals surface area contributed by atoms with Crippen LogP contribution in [0.5, 0.6) is 0 Å².